The molecule has 2 aromatic carbocycles. The Morgan fingerprint density at radius 2 is 1.71 bits per heavy atom. The lowest BCUT2D eigenvalue weighted by Crippen LogP contribution is -2.25. The summed E-state index contributed by atoms with van der Waals surface area (Å²) in [6.45, 7) is 0. The van der Waals surface area contributed by atoms with Crippen molar-refractivity contribution < 1.29 is 32.2 Å². The van der Waals surface area contributed by atoms with E-state index in [0.717, 1.165) is 0 Å². The summed E-state index contributed by atoms with van der Waals surface area (Å²) in [5, 5.41) is 9.30. The van der Waals surface area contributed by atoms with E-state index in [9.17, 15) is 27.5 Å². The number of hydrogen-bond acceptors (Lipinski definition) is 2. The van der Waals surface area contributed by atoms with E-state index in [1.54, 1.807) is 30.3 Å². The largest absolute Gasteiger partial charge is 0.573 e. The summed E-state index contributed by atoms with van der Waals surface area (Å²) in [6.07, 6.45) is -4.85. The number of ether oxygens (including phenoxy) is 1. The maximum absolute atomic E-state index is 14.8. The van der Waals surface area contributed by atoms with Crippen LogP contribution in [0.5, 0.6) is 5.75 Å². The number of halogens is 4. The molecule has 0 spiro atoms. The minimum atomic E-state index is -5.13. The molecular formula is C17H12F4O3. The molecule has 0 aliphatic heterocycles. The first-order chi connectivity index (χ1) is 11.2. The Kier molecular flexibility index (Phi) is 3.74. The lowest BCUT2D eigenvalue weighted by molar-refractivity contribution is -0.276. The Bertz CT molecular complexity index is 780. The molecule has 1 aliphatic carbocycles. The van der Waals surface area contributed by atoms with Gasteiger partial charge in [-0.05, 0) is 18.4 Å². The zero-order chi connectivity index (χ0) is 17.5. The van der Waals surface area contributed by atoms with Crippen LogP contribution in [0.4, 0.5) is 17.6 Å². The van der Waals surface area contributed by atoms with Gasteiger partial charge in [0.25, 0.3) is 0 Å². The van der Waals surface area contributed by atoms with Crippen molar-refractivity contribution in [1.29, 1.82) is 0 Å². The van der Waals surface area contributed by atoms with Crippen LogP contribution in [0.25, 0.3) is 11.1 Å². The van der Waals surface area contributed by atoms with E-state index < -0.39 is 29.3 Å². The molecule has 0 amide bonds. The molecule has 24 heavy (non-hydrogen) atoms. The molecule has 0 saturated heterocycles. The van der Waals surface area contributed by atoms with Gasteiger partial charge in [0.2, 0.25) is 0 Å². The zero-order valence-corrected chi connectivity index (χ0v) is 12.2. The van der Waals surface area contributed by atoms with Gasteiger partial charge in [-0.3, -0.25) is 4.79 Å². The maximum atomic E-state index is 14.8. The summed E-state index contributed by atoms with van der Waals surface area (Å²) in [5.41, 5.74) is -1.52. The summed E-state index contributed by atoms with van der Waals surface area (Å²) >= 11 is 0. The summed E-state index contributed by atoms with van der Waals surface area (Å²) in [4.78, 5) is 11.4. The smallest absolute Gasteiger partial charge is 0.481 e. The van der Waals surface area contributed by atoms with E-state index in [-0.39, 0.29) is 24.0 Å². The molecule has 0 heterocycles. The van der Waals surface area contributed by atoms with Gasteiger partial charge in [-0.2, -0.15) is 0 Å². The van der Waals surface area contributed by atoms with Crippen LogP contribution in [0.15, 0.2) is 42.5 Å². The first-order valence-electron chi connectivity index (χ1n) is 7.12. The summed E-state index contributed by atoms with van der Waals surface area (Å²) in [6, 6.07) is 10.5. The van der Waals surface area contributed by atoms with Crippen LogP contribution in [-0.4, -0.2) is 17.4 Å². The van der Waals surface area contributed by atoms with Gasteiger partial charge in [0.1, 0.15) is 0 Å². The monoisotopic (exact) mass is 340 g/mol. The van der Waals surface area contributed by atoms with E-state index in [1.807, 2.05) is 0 Å². The van der Waals surface area contributed by atoms with Gasteiger partial charge in [0.15, 0.2) is 11.6 Å². The van der Waals surface area contributed by atoms with Crippen molar-refractivity contribution in [2.24, 2.45) is 0 Å². The zero-order valence-electron chi connectivity index (χ0n) is 12.2. The molecule has 126 valence electrons. The molecule has 0 atom stereocenters. The quantitative estimate of drug-likeness (QED) is 0.833. The molecule has 3 rings (SSSR count). The summed E-state index contributed by atoms with van der Waals surface area (Å²) < 4.78 is 56.7. The third-order valence-corrected chi connectivity index (χ3v) is 4.07. The molecule has 1 fully saturated rings. The molecule has 0 bridgehead atoms. The fraction of sp³-hybridized carbons (Fsp3) is 0.235. The highest BCUT2D eigenvalue weighted by molar-refractivity contribution is 5.86. The van der Waals surface area contributed by atoms with E-state index in [4.69, 9.17) is 0 Å². The van der Waals surface area contributed by atoms with Crippen LogP contribution < -0.4 is 4.74 Å². The molecule has 7 heteroatoms. The molecular weight excluding hydrogens is 328 g/mol. The Labute approximate surface area is 134 Å². The van der Waals surface area contributed by atoms with Gasteiger partial charge < -0.3 is 9.84 Å². The first kappa shape index (κ1) is 16.3. The van der Waals surface area contributed by atoms with Crippen LogP contribution in [-0.2, 0) is 10.2 Å². The molecule has 3 nitrogen and oxygen atoms in total. The summed E-state index contributed by atoms with van der Waals surface area (Å²) in [7, 11) is 0. The standard InChI is InChI=1S/C17H12F4O3/c18-13-11(10-4-2-1-3-5-10)6-7-12(14(13)24-17(19,20)21)16(8-9-16)15(22)23/h1-7H,8-9H2,(H,22,23). The topological polar surface area (TPSA) is 46.5 Å². The molecule has 0 unspecified atom stereocenters. The highest BCUT2D eigenvalue weighted by Gasteiger charge is 2.54. The first-order valence-corrected chi connectivity index (χ1v) is 7.12. The molecule has 1 N–H and O–H groups in total. The number of benzene rings is 2. The molecule has 2 aromatic rings. The number of carboxylic acid groups (broad SMARTS) is 1. The predicted octanol–water partition coefficient (Wildman–Crippen LogP) is 4.51. The molecule has 0 aromatic heterocycles. The Morgan fingerprint density at radius 1 is 1.08 bits per heavy atom. The van der Waals surface area contributed by atoms with Crippen LogP contribution >= 0.6 is 0 Å². The maximum Gasteiger partial charge on any atom is 0.573 e. The minimum absolute atomic E-state index is 0.0835. The number of aliphatic carboxylic acids is 1. The number of alkyl halides is 3. The van der Waals surface area contributed by atoms with Gasteiger partial charge in [-0.15, -0.1) is 13.2 Å². The SMILES string of the molecule is O=C(O)C1(c2ccc(-c3ccccc3)c(F)c2OC(F)(F)F)CC1. The fourth-order valence-corrected chi connectivity index (χ4v) is 2.71. The predicted molar refractivity (Wildman–Crippen MR) is 77.1 cm³/mol. The molecule has 1 aliphatic rings. The van der Waals surface area contributed by atoms with Crippen LogP contribution in [0.2, 0.25) is 0 Å². The molecule has 1 saturated carbocycles. The average Bonchev–Trinajstić information content (AvgIpc) is 3.30. The van der Waals surface area contributed by atoms with Crippen molar-refractivity contribution in [3.8, 4) is 16.9 Å². The van der Waals surface area contributed by atoms with E-state index in [0.29, 0.717) is 5.56 Å². The van der Waals surface area contributed by atoms with Crippen molar-refractivity contribution in [1.82, 2.24) is 0 Å². The lowest BCUT2D eigenvalue weighted by atomic mass is 9.92. The van der Waals surface area contributed by atoms with E-state index >= 15 is 0 Å². The van der Waals surface area contributed by atoms with Crippen LogP contribution in [0.1, 0.15) is 18.4 Å². The second-order valence-electron chi connectivity index (χ2n) is 5.60. The van der Waals surface area contributed by atoms with Crippen molar-refractivity contribution >= 4 is 5.97 Å². The average molecular weight is 340 g/mol. The van der Waals surface area contributed by atoms with Gasteiger partial charge in [-0.1, -0.05) is 42.5 Å². The normalized spacial score (nSPS) is 15.8. The Hall–Kier alpha value is -2.57. The lowest BCUT2D eigenvalue weighted by Gasteiger charge is -2.19. The second-order valence-corrected chi connectivity index (χ2v) is 5.60. The van der Waals surface area contributed by atoms with Crippen molar-refractivity contribution in [3.05, 3.63) is 53.8 Å². The Balaban J connectivity index is 2.18. The highest BCUT2D eigenvalue weighted by Crippen LogP contribution is 2.53. The van der Waals surface area contributed by atoms with E-state index in [2.05, 4.69) is 4.74 Å². The van der Waals surface area contributed by atoms with E-state index in [1.165, 1.54) is 12.1 Å². The minimum Gasteiger partial charge on any atom is -0.481 e. The van der Waals surface area contributed by atoms with Crippen molar-refractivity contribution in [2.75, 3.05) is 0 Å². The Morgan fingerprint density at radius 3 is 2.21 bits per heavy atom. The van der Waals surface area contributed by atoms with Crippen LogP contribution in [0.3, 0.4) is 0 Å². The van der Waals surface area contributed by atoms with Gasteiger partial charge in [0, 0.05) is 11.1 Å². The third kappa shape index (κ3) is 2.81. The number of carboxylic acids is 1. The van der Waals surface area contributed by atoms with Crippen molar-refractivity contribution in [2.45, 2.75) is 24.6 Å². The van der Waals surface area contributed by atoms with Gasteiger partial charge in [-0.25, -0.2) is 4.39 Å². The van der Waals surface area contributed by atoms with Gasteiger partial charge >= 0.3 is 12.3 Å². The fourth-order valence-electron chi connectivity index (χ4n) is 2.71. The molecule has 0 radical (unpaired) electrons. The number of carbonyl (C=O) groups is 1. The van der Waals surface area contributed by atoms with Crippen LogP contribution in [0, 0.1) is 5.82 Å². The van der Waals surface area contributed by atoms with Crippen molar-refractivity contribution in [3.63, 3.8) is 0 Å². The highest BCUT2D eigenvalue weighted by atomic mass is 19.4. The second kappa shape index (κ2) is 5.51. The summed E-state index contributed by atoms with van der Waals surface area (Å²) in [5.74, 6) is -3.58. The number of hydrogen-bond donors (Lipinski definition) is 1. The number of rotatable bonds is 4. The van der Waals surface area contributed by atoms with Gasteiger partial charge in [0.05, 0.1) is 5.41 Å². The third-order valence-electron chi connectivity index (χ3n) is 4.07.